The second-order valence-corrected chi connectivity index (χ2v) is 8.98. The van der Waals surface area contributed by atoms with E-state index >= 15 is 0 Å². The number of hydrogen-bond donors (Lipinski definition) is 3. The Bertz CT molecular complexity index is 1150. The van der Waals surface area contributed by atoms with Crippen LogP contribution in [0.15, 0.2) is 58.1 Å². The van der Waals surface area contributed by atoms with Gasteiger partial charge in [0.25, 0.3) is 5.91 Å². The highest BCUT2D eigenvalue weighted by molar-refractivity contribution is 6.02. The molecule has 0 saturated carbocycles. The van der Waals surface area contributed by atoms with Crippen LogP contribution in [-0.2, 0) is 6.42 Å². The van der Waals surface area contributed by atoms with Crippen LogP contribution in [0.4, 0.5) is 11.4 Å². The van der Waals surface area contributed by atoms with Crippen LogP contribution in [0, 0.1) is 12.3 Å². The Labute approximate surface area is 182 Å². The first-order valence-corrected chi connectivity index (χ1v) is 10.4. The van der Waals surface area contributed by atoms with Gasteiger partial charge >= 0.3 is 0 Å². The lowest BCUT2D eigenvalue weighted by Crippen LogP contribution is -2.34. The molecule has 4 N–H and O–H groups in total. The molecule has 162 valence electrons. The predicted molar refractivity (Wildman–Crippen MR) is 125 cm³/mol. The first-order chi connectivity index (χ1) is 14.6. The molecule has 0 aromatic heterocycles. The van der Waals surface area contributed by atoms with E-state index in [-0.39, 0.29) is 23.1 Å². The van der Waals surface area contributed by atoms with Crippen LogP contribution in [0.3, 0.4) is 0 Å². The van der Waals surface area contributed by atoms with Gasteiger partial charge in [0.2, 0.25) is 10.9 Å². The van der Waals surface area contributed by atoms with Gasteiger partial charge in [0, 0.05) is 18.7 Å². The zero-order valence-corrected chi connectivity index (χ0v) is 18.4. The maximum absolute atomic E-state index is 11.8. The van der Waals surface area contributed by atoms with E-state index in [1.165, 1.54) is 17.2 Å². The number of anilines is 2. The number of nitrogens with one attached hydrogen (secondary N) is 2. The van der Waals surface area contributed by atoms with E-state index in [4.69, 9.17) is 5.73 Å². The van der Waals surface area contributed by atoms with Crippen LogP contribution in [-0.4, -0.2) is 12.5 Å². The van der Waals surface area contributed by atoms with Crippen molar-refractivity contribution in [3.05, 3.63) is 91.2 Å². The number of carbonyl (C=O) groups is 1. The summed E-state index contributed by atoms with van der Waals surface area (Å²) >= 11 is 0. The van der Waals surface area contributed by atoms with Crippen molar-refractivity contribution >= 4 is 17.3 Å². The van der Waals surface area contributed by atoms with E-state index < -0.39 is 10.9 Å². The highest BCUT2D eigenvalue weighted by atomic mass is 16.2. The Morgan fingerprint density at radius 3 is 2.26 bits per heavy atom. The van der Waals surface area contributed by atoms with Crippen molar-refractivity contribution in [3.8, 4) is 0 Å². The molecule has 1 aliphatic heterocycles. The van der Waals surface area contributed by atoms with Gasteiger partial charge < -0.3 is 16.4 Å². The van der Waals surface area contributed by atoms with Gasteiger partial charge in [-0.3, -0.25) is 14.4 Å². The summed E-state index contributed by atoms with van der Waals surface area (Å²) in [7, 11) is 0. The van der Waals surface area contributed by atoms with Crippen molar-refractivity contribution in [3.63, 3.8) is 0 Å². The summed E-state index contributed by atoms with van der Waals surface area (Å²) in [6, 6.07) is 15.3. The van der Waals surface area contributed by atoms with Crippen LogP contribution >= 0.6 is 0 Å². The average Bonchev–Trinajstić information content (AvgIpc) is 2.73. The summed E-state index contributed by atoms with van der Waals surface area (Å²) < 4.78 is 0. The van der Waals surface area contributed by atoms with Crippen LogP contribution in [0.1, 0.15) is 53.9 Å². The lowest BCUT2D eigenvalue weighted by atomic mass is 9.83. The zero-order valence-electron chi connectivity index (χ0n) is 18.4. The molecule has 1 aliphatic rings. The summed E-state index contributed by atoms with van der Waals surface area (Å²) in [5.41, 5.74) is 10.0. The van der Waals surface area contributed by atoms with Crippen LogP contribution in [0.5, 0.6) is 0 Å². The molecule has 0 saturated heterocycles. The number of benzene rings is 2. The van der Waals surface area contributed by atoms with E-state index in [0.717, 1.165) is 12.0 Å². The molecule has 0 bridgehead atoms. The summed E-state index contributed by atoms with van der Waals surface area (Å²) in [6.07, 6.45) is 0.766. The van der Waals surface area contributed by atoms with Crippen molar-refractivity contribution in [1.29, 1.82) is 0 Å². The number of carbonyl (C=O) groups excluding carboxylic acids is 1. The normalized spacial score (nSPS) is 14.2. The van der Waals surface area contributed by atoms with Crippen molar-refractivity contribution in [1.82, 2.24) is 5.32 Å². The fourth-order valence-electron chi connectivity index (χ4n) is 3.41. The van der Waals surface area contributed by atoms with Crippen LogP contribution in [0.2, 0.25) is 0 Å². The van der Waals surface area contributed by atoms with Gasteiger partial charge in [-0.2, -0.15) is 0 Å². The first-order valence-electron chi connectivity index (χ1n) is 10.4. The van der Waals surface area contributed by atoms with Gasteiger partial charge in [-0.15, -0.1) is 0 Å². The van der Waals surface area contributed by atoms with E-state index in [0.29, 0.717) is 17.8 Å². The third-order valence-corrected chi connectivity index (χ3v) is 5.44. The van der Waals surface area contributed by atoms with Crippen molar-refractivity contribution < 1.29 is 4.79 Å². The molecule has 3 aromatic carbocycles. The Morgan fingerprint density at radius 2 is 1.68 bits per heavy atom. The Balaban J connectivity index is 0.000000187. The first kappa shape index (κ1) is 22.4. The summed E-state index contributed by atoms with van der Waals surface area (Å²) in [5.74, 6) is -0.155. The topological polar surface area (TPSA) is 101 Å². The van der Waals surface area contributed by atoms with E-state index in [1.807, 2.05) is 12.1 Å². The number of amides is 1. The molecule has 0 spiro atoms. The molecular weight excluding hydrogens is 390 g/mol. The fraction of sp³-hybridized carbons (Fsp3) is 0.320. The van der Waals surface area contributed by atoms with E-state index in [2.05, 4.69) is 62.6 Å². The Hall–Kier alpha value is -3.25. The molecular formula is C25H29N3O3. The standard InChI is InChI=1S/C13H10N2O3.C12H19N/c16-10-6-9(12(10)17)15-8-3-1-2-7-4-5-14-13(18)11(7)8;1-9-5-7-10(8-6-9)11(13)12(2,3)4/h1-3,6,15H,4-5H2,(H,14,18);5-8,11H,13H2,1-4H3/t;11-/m.0/s1. The third-order valence-electron chi connectivity index (χ3n) is 5.44. The summed E-state index contributed by atoms with van der Waals surface area (Å²) in [5, 5.41) is 5.60. The van der Waals surface area contributed by atoms with Gasteiger partial charge in [-0.05, 0) is 36.0 Å². The second-order valence-electron chi connectivity index (χ2n) is 8.98. The Morgan fingerprint density at radius 1 is 1.00 bits per heavy atom. The maximum atomic E-state index is 11.8. The number of fused-ring (bicyclic) bond motifs is 1. The Kier molecular flexibility index (Phi) is 6.41. The molecule has 0 aliphatic carbocycles. The smallest absolute Gasteiger partial charge is 0.253 e. The van der Waals surface area contributed by atoms with Crippen molar-refractivity contribution in [2.24, 2.45) is 11.1 Å². The van der Waals surface area contributed by atoms with Crippen molar-refractivity contribution in [2.45, 2.75) is 40.2 Å². The molecule has 4 rings (SSSR count). The second kappa shape index (κ2) is 8.86. The van der Waals surface area contributed by atoms with E-state index in [9.17, 15) is 14.4 Å². The highest BCUT2D eigenvalue weighted by Gasteiger charge is 2.22. The van der Waals surface area contributed by atoms with Gasteiger partial charge in [-0.1, -0.05) is 62.7 Å². The number of hydrogen-bond acceptors (Lipinski definition) is 5. The maximum Gasteiger partial charge on any atom is 0.253 e. The minimum atomic E-state index is -0.538. The quantitative estimate of drug-likeness (QED) is 0.565. The largest absolute Gasteiger partial charge is 0.352 e. The molecule has 1 amide bonds. The zero-order chi connectivity index (χ0) is 22.8. The molecule has 31 heavy (non-hydrogen) atoms. The fourth-order valence-corrected chi connectivity index (χ4v) is 3.41. The lowest BCUT2D eigenvalue weighted by molar-refractivity contribution is 0.0947. The third kappa shape index (κ3) is 5.09. The summed E-state index contributed by atoms with van der Waals surface area (Å²) in [4.78, 5) is 33.9. The van der Waals surface area contributed by atoms with Crippen LogP contribution < -0.4 is 27.2 Å². The van der Waals surface area contributed by atoms with Crippen LogP contribution in [0.25, 0.3) is 0 Å². The SMILES string of the molecule is Cc1ccc([C@H](N)C(C)(C)C)cc1.O=C1NCCc2cccc(Nc3cc(=O)c3=O)c21. The average molecular weight is 420 g/mol. The highest BCUT2D eigenvalue weighted by Crippen LogP contribution is 2.30. The monoisotopic (exact) mass is 419 g/mol. The van der Waals surface area contributed by atoms with Gasteiger partial charge in [0.15, 0.2) is 0 Å². The molecule has 3 aromatic rings. The number of rotatable bonds is 3. The summed E-state index contributed by atoms with van der Waals surface area (Å²) in [6.45, 7) is 9.20. The molecule has 6 heteroatoms. The number of nitrogens with two attached hydrogens (primary N) is 1. The minimum Gasteiger partial charge on any atom is -0.352 e. The van der Waals surface area contributed by atoms with Crippen molar-refractivity contribution in [2.75, 3.05) is 11.9 Å². The lowest BCUT2D eigenvalue weighted by Gasteiger charge is -2.27. The number of aryl methyl sites for hydroxylation is 1. The van der Waals surface area contributed by atoms with Gasteiger partial charge in [-0.25, -0.2) is 0 Å². The molecule has 6 nitrogen and oxygen atoms in total. The molecule has 1 heterocycles. The van der Waals surface area contributed by atoms with E-state index in [1.54, 1.807) is 6.07 Å². The van der Waals surface area contributed by atoms with Gasteiger partial charge in [0.05, 0.1) is 16.9 Å². The predicted octanol–water partition coefficient (Wildman–Crippen LogP) is 3.35. The van der Waals surface area contributed by atoms with Gasteiger partial charge in [0.1, 0.15) is 0 Å². The molecule has 0 radical (unpaired) electrons. The minimum absolute atomic E-state index is 0.119. The molecule has 0 fully saturated rings. The molecule has 0 unspecified atom stereocenters. The molecule has 1 atom stereocenters.